The van der Waals surface area contributed by atoms with Crippen LogP contribution in [0.1, 0.15) is 19.3 Å². The van der Waals surface area contributed by atoms with E-state index in [2.05, 4.69) is 14.9 Å². The summed E-state index contributed by atoms with van der Waals surface area (Å²) in [4.78, 5) is 9.57. The standard InChI is InChI=1S/C9H12FN3/c10-8-6-9(12-7-11-8)13-4-2-1-3-5-13/h6-7H,1-5H2. The van der Waals surface area contributed by atoms with Crippen molar-refractivity contribution < 1.29 is 4.39 Å². The van der Waals surface area contributed by atoms with Gasteiger partial charge in [0.1, 0.15) is 12.1 Å². The topological polar surface area (TPSA) is 29.0 Å². The van der Waals surface area contributed by atoms with E-state index in [0.717, 1.165) is 13.1 Å². The van der Waals surface area contributed by atoms with Crippen LogP contribution in [0, 0.1) is 5.95 Å². The Balaban J connectivity index is 2.14. The predicted molar refractivity (Wildman–Crippen MR) is 48.1 cm³/mol. The molecule has 1 aromatic heterocycles. The Morgan fingerprint density at radius 1 is 1.15 bits per heavy atom. The third-order valence-electron chi connectivity index (χ3n) is 2.30. The summed E-state index contributed by atoms with van der Waals surface area (Å²) in [5.41, 5.74) is 0. The number of nitrogens with zero attached hydrogens (tertiary/aromatic N) is 3. The summed E-state index contributed by atoms with van der Waals surface area (Å²) in [5.74, 6) is 0.266. The molecule has 0 aliphatic carbocycles. The molecule has 1 aromatic rings. The maximum atomic E-state index is 12.7. The zero-order chi connectivity index (χ0) is 9.10. The van der Waals surface area contributed by atoms with Crippen molar-refractivity contribution in [1.29, 1.82) is 0 Å². The molecule has 1 aliphatic heterocycles. The van der Waals surface area contributed by atoms with Crippen molar-refractivity contribution in [2.45, 2.75) is 19.3 Å². The number of rotatable bonds is 1. The van der Waals surface area contributed by atoms with Crippen LogP contribution in [-0.2, 0) is 0 Å². The molecule has 1 fully saturated rings. The molecule has 0 atom stereocenters. The van der Waals surface area contributed by atoms with Gasteiger partial charge >= 0.3 is 0 Å². The molecule has 3 nitrogen and oxygen atoms in total. The number of hydrogen-bond donors (Lipinski definition) is 0. The zero-order valence-corrected chi connectivity index (χ0v) is 7.41. The highest BCUT2D eigenvalue weighted by atomic mass is 19.1. The monoisotopic (exact) mass is 181 g/mol. The van der Waals surface area contributed by atoms with E-state index in [1.165, 1.54) is 31.7 Å². The smallest absolute Gasteiger partial charge is 0.218 e. The second-order valence-corrected chi connectivity index (χ2v) is 3.25. The van der Waals surface area contributed by atoms with E-state index < -0.39 is 5.95 Å². The molecule has 70 valence electrons. The first kappa shape index (κ1) is 8.41. The Morgan fingerprint density at radius 2 is 1.92 bits per heavy atom. The summed E-state index contributed by atoms with van der Waals surface area (Å²) < 4.78 is 12.7. The molecular weight excluding hydrogens is 169 g/mol. The van der Waals surface area contributed by atoms with E-state index in [1.54, 1.807) is 0 Å². The quantitative estimate of drug-likeness (QED) is 0.616. The van der Waals surface area contributed by atoms with Crippen molar-refractivity contribution in [3.05, 3.63) is 18.3 Å². The van der Waals surface area contributed by atoms with Crippen molar-refractivity contribution in [2.24, 2.45) is 0 Å². The number of hydrogen-bond acceptors (Lipinski definition) is 3. The summed E-state index contributed by atoms with van der Waals surface area (Å²) in [6, 6.07) is 1.39. The second-order valence-electron chi connectivity index (χ2n) is 3.25. The van der Waals surface area contributed by atoms with E-state index in [9.17, 15) is 4.39 Å². The summed E-state index contributed by atoms with van der Waals surface area (Å²) in [6.45, 7) is 1.97. The molecule has 0 spiro atoms. The van der Waals surface area contributed by atoms with Gasteiger partial charge in [0.25, 0.3) is 0 Å². The summed E-state index contributed by atoms with van der Waals surface area (Å²) in [7, 11) is 0. The van der Waals surface area contributed by atoms with Crippen LogP contribution in [0.3, 0.4) is 0 Å². The van der Waals surface area contributed by atoms with Crippen molar-refractivity contribution in [1.82, 2.24) is 9.97 Å². The third kappa shape index (κ3) is 1.94. The number of aromatic nitrogens is 2. The van der Waals surface area contributed by atoms with Crippen LogP contribution >= 0.6 is 0 Å². The van der Waals surface area contributed by atoms with E-state index in [1.807, 2.05) is 0 Å². The fourth-order valence-electron chi connectivity index (χ4n) is 1.62. The van der Waals surface area contributed by atoms with Crippen LogP contribution < -0.4 is 4.90 Å². The van der Waals surface area contributed by atoms with Crippen LogP contribution in [0.15, 0.2) is 12.4 Å². The lowest BCUT2D eigenvalue weighted by molar-refractivity contribution is 0.557. The molecule has 4 heteroatoms. The Hall–Kier alpha value is -1.19. The fraction of sp³-hybridized carbons (Fsp3) is 0.556. The van der Waals surface area contributed by atoms with Gasteiger partial charge in [0.2, 0.25) is 5.95 Å². The first-order chi connectivity index (χ1) is 6.36. The zero-order valence-electron chi connectivity index (χ0n) is 7.41. The first-order valence-electron chi connectivity index (χ1n) is 4.59. The minimum Gasteiger partial charge on any atom is -0.356 e. The highest BCUT2D eigenvalue weighted by Crippen LogP contribution is 2.16. The molecule has 0 radical (unpaired) electrons. The Morgan fingerprint density at radius 3 is 2.62 bits per heavy atom. The Kier molecular flexibility index (Phi) is 2.38. The maximum absolute atomic E-state index is 12.7. The predicted octanol–water partition coefficient (Wildman–Crippen LogP) is 1.61. The number of anilines is 1. The SMILES string of the molecule is Fc1cc(N2CCCCC2)ncn1. The second kappa shape index (κ2) is 3.68. The van der Waals surface area contributed by atoms with E-state index in [4.69, 9.17) is 0 Å². The van der Waals surface area contributed by atoms with Crippen LogP contribution in [-0.4, -0.2) is 23.1 Å². The maximum Gasteiger partial charge on any atom is 0.218 e. The molecule has 0 bridgehead atoms. The van der Waals surface area contributed by atoms with Crippen LogP contribution in [0.2, 0.25) is 0 Å². The van der Waals surface area contributed by atoms with Crippen molar-refractivity contribution in [3.8, 4) is 0 Å². The average molecular weight is 181 g/mol. The minimum atomic E-state index is -0.449. The van der Waals surface area contributed by atoms with Gasteiger partial charge in [-0.25, -0.2) is 9.97 Å². The fourth-order valence-corrected chi connectivity index (χ4v) is 1.62. The molecule has 0 amide bonds. The molecule has 2 rings (SSSR count). The van der Waals surface area contributed by atoms with Crippen LogP contribution in [0.25, 0.3) is 0 Å². The third-order valence-corrected chi connectivity index (χ3v) is 2.30. The van der Waals surface area contributed by atoms with Gasteiger partial charge in [0.15, 0.2) is 0 Å². The largest absolute Gasteiger partial charge is 0.356 e. The molecule has 1 aliphatic rings. The summed E-state index contributed by atoms with van der Waals surface area (Å²) in [5, 5.41) is 0. The van der Waals surface area contributed by atoms with Crippen LogP contribution in [0.4, 0.5) is 10.2 Å². The van der Waals surface area contributed by atoms with Gasteiger partial charge in [0.05, 0.1) is 0 Å². The van der Waals surface area contributed by atoms with Gasteiger partial charge < -0.3 is 4.90 Å². The average Bonchev–Trinajstić information content (AvgIpc) is 2.19. The summed E-state index contributed by atoms with van der Waals surface area (Å²) >= 11 is 0. The van der Waals surface area contributed by atoms with Gasteiger partial charge in [-0.2, -0.15) is 4.39 Å². The molecular formula is C9H12FN3. The van der Waals surface area contributed by atoms with Gasteiger partial charge in [-0.15, -0.1) is 0 Å². The van der Waals surface area contributed by atoms with E-state index in [0.29, 0.717) is 5.82 Å². The molecule has 13 heavy (non-hydrogen) atoms. The molecule has 2 heterocycles. The Labute approximate surface area is 76.6 Å². The highest BCUT2D eigenvalue weighted by Gasteiger charge is 2.12. The van der Waals surface area contributed by atoms with E-state index in [-0.39, 0.29) is 0 Å². The lowest BCUT2D eigenvalue weighted by Crippen LogP contribution is -2.30. The lowest BCUT2D eigenvalue weighted by atomic mass is 10.1. The number of halogens is 1. The highest BCUT2D eigenvalue weighted by molar-refractivity contribution is 5.36. The van der Waals surface area contributed by atoms with Gasteiger partial charge in [-0.1, -0.05) is 0 Å². The molecule has 0 saturated carbocycles. The Bertz CT molecular complexity index is 284. The summed E-state index contributed by atoms with van der Waals surface area (Å²) in [6.07, 6.45) is 4.89. The van der Waals surface area contributed by atoms with Crippen molar-refractivity contribution in [3.63, 3.8) is 0 Å². The lowest BCUT2D eigenvalue weighted by Gasteiger charge is -2.27. The van der Waals surface area contributed by atoms with Gasteiger partial charge in [0, 0.05) is 19.2 Å². The van der Waals surface area contributed by atoms with Gasteiger partial charge in [-0.05, 0) is 19.3 Å². The molecule has 1 saturated heterocycles. The number of piperidine rings is 1. The molecule has 0 aromatic carbocycles. The normalized spacial score (nSPS) is 17.5. The van der Waals surface area contributed by atoms with Gasteiger partial charge in [-0.3, -0.25) is 0 Å². The molecule has 0 N–H and O–H groups in total. The van der Waals surface area contributed by atoms with Crippen LogP contribution in [0.5, 0.6) is 0 Å². The molecule has 0 unspecified atom stereocenters. The first-order valence-corrected chi connectivity index (χ1v) is 4.59. The van der Waals surface area contributed by atoms with Crippen molar-refractivity contribution >= 4 is 5.82 Å². The van der Waals surface area contributed by atoms with Crippen molar-refractivity contribution in [2.75, 3.05) is 18.0 Å². The van der Waals surface area contributed by atoms with E-state index >= 15 is 0 Å². The minimum absolute atomic E-state index is 0.449.